The molecule has 0 aromatic heterocycles. The fourth-order valence-electron chi connectivity index (χ4n) is 2.13. The molecule has 1 aromatic rings. The van der Waals surface area contributed by atoms with Crippen LogP contribution < -0.4 is 10.2 Å². The van der Waals surface area contributed by atoms with Crippen LogP contribution in [-0.4, -0.2) is 19.8 Å². The predicted molar refractivity (Wildman–Crippen MR) is 61.4 cm³/mol. The summed E-state index contributed by atoms with van der Waals surface area (Å²) in [6, 6.07) is 4.62. The van der Waals surface area contributed by atoms with Crippen LogP contribution in [-0.2, 0) is 0 Å². The Balaban J connectivity index is 2.26. The number of hydrogen-bond acceptors (Lipinski definition) is 3. The Morgan fingerprint density at radius 3 is 2.81 bits per heavy atom. The van der Waals surface area contributed by atoms with Gasteiger partial charge >= 0.3 is 0 Å². The van der Waals surface area contributed by atoms with E-state index in [0.29, 0.717) is 11.7 Å². The smallest absolute Gasteiger partial charge is 0.164 e. The van der Waals surface area contributed by atoms with Crippen LogP contribution in [0.4, 0.5) is 4.39 Å². The first-order valence-electron chi connectivity index (χ1n) is 5.44. The van der Waals surface area contributed by atoms with Gasteiger partial charge in [0.2, 0.25) is 0 Å². The Hall–Kier alpha value is -1.42. The van der Waals surface area contributed by atoms with Crippen LogP contribution in [0.3, 0.4) is 0 Å². The molecule has 1 saturated heterocycles. The number of nitrogens with one attached hydrogen (secondary N) is 1. The monoisotopic (exact) mass is 222 g/mol. The second-order valence-corrected chi connectivity index (χ2v) is 3.93. The van der Waals surface area contributed by atoms with Gasteiger partial charge in [0, 0.05) is 18.3 Å². The number of piperidine rings is 1. The largest absolute Gasteiger partial charge is 0.357 e. The molecular formula is C12H15FN2O. The second-order valence-electron chi connectivity index (χ2n) is 3.93. The maximum atomic E-state index is 13.1. The highest BCUT2D eigenvalue weighted by molar-refractivity contribution is 5.37. The maximum Gasteiger partial charge on any atom is 0.164 e. The van der Waals surface area contributed by atoms with E-state index >= 15 is 0 Å². The molecule has 1 heterocycles. The Kier molecular flexibility index (Phi) is 3.51. The van der Waals surface area contributed by atoms with Crippen molar-refractivity contribution >= 4 is 6.72 Å². The molecule has 0 aliphatic carbocycles. The molecule has 3 nitrogen and oxygen atoms in total. The van der Waals surface area contributed by atoms with E-state index in [1.165, 1.54) is 12.1 Å². The van der Waals surface area contributed by atoms with Crippen LogP contribution in [0, 0.1) is 5.82 Å². The third-order valence-corrected chi connectivity index (χ3v) is 2.92. The van der Waals surface area contributed by atoms with Crippen molar-refractivity contribution in [2.45, 2.75) is 18.8 Å². The lowest BCUT2D eigenvalue weighted by atomic mass is 9.89. The van der Waals surface area contributed by atoms with Crippen molar-refractivity contribution in [1.29, 1.82) is 0 Å². The summed E-state index contributed by atoms with van der Waals surface area (Å²) >= 11 is 0. The Labute approximate surface area is 94.3 Å². The van der Waals surface area contributed by atoms with Crippen LogP contribution in [0.5, 0.6) is 5.75 Å². The van der Waals surface area contributed by atoms with Crippen molar-refractivity contribution in [2.75, 3.05) is 13.1 Å². The molecule has 86 valence electrons. The minimum Gasteiger partial charge on any atom is -0.357 e. The van der Waals surface area contributed by atoms with E-state index in [2.05, 4.69) is 17.2 Å². The molecule has 4 heteroatoms. The van der Waals surface area contributed by atoms with Crippen LogP contribution in [0.15, 0.2) is 23.4 Å². The highest BCUT2D eigenvalue weighted by atomic mass is 19.1. The van der Waals surface area contributed by atoms with E-state index in [9.17, 15) is 4.39 Å². The number of halogens is 1. The third kappa shape index (κ3) is 2.39. The molecule has 0 atom stereocenters. The van der Waals surface area contributed by atoms with Gasteiger partial charge in [-0.15, -0.1) is 0 Å². The number of benzene rings is 1. The van der Waals surface area contributed by atoms with Crippen molar-refractivity contribution in [3.05, 3.63) is 29.6 Å². The number of nitrogens with zero attached hydrogens (tertiary/aromatic N) is 1. The van der Waals surface area contributed by atoms with E-state index in [-0.39, 0.29) is 5.82 Å². The normalized spacial score (nSPS) is 17.1. The molecule has 1 aromatic carbocycles. The number of hydrogen-bond donors (Lipinski definition) is 1. The number of oxime groups is 1. The lowest BCUT2D eigenvalue weighted by Crippen LogP contribution is -2.26. The molecule has 0 radical (unpaired) electrons. The fourth-order valence-corrected chi connectivity index (χ4v) is 2.13. The van der Waals surface area contributed by atoms with E-state index in [4.69, 9.17) is 4.84 Å². The molecular weight excluding hydrogens is 207 g/mol. The first-order chi connectivity index (χ1) is 7.81. The Morgan fingerprint density at radius 1 is 1.38 bits per heavy atom. The molecule has 0 bridgehead atoms. The van der Waals surface area contributed by atoms with Crippen LogP contribution >= 0.6 is 0 Å². The molecule has 1 fully saturated rings. The van der Waals surface area contributed by atoms with Gasteiger partial charge in [0.05, 0.1) is 0 Å². The van der Waals surface area contributed by atoms with Gasteiger partial charge in [0.1, 0.15) is 5.82 Å². The highest BCUT2D eigenvalue weighted by Gasteiger charge is 2.19. The summed E-state index contributed by atoms with van der Waals surface area (Å²) in [5, 5.41) is 6.67. The Morgan fingerprint density at radius 2 is 2.12 bits per heavy atom. The predicted octanol–water partition coefficient (Wildman–Crippen LogP) is 2.29. The minimum atomic E-state index is -0.309. The summed E-state index contributed by atoms with van der Waals surface area (Å²) < 4.78 is 13.1. The Bertz CT molecular complexity index is 375. The SMILES string of the molecule is C=NOc1cc(F)ccc1C1CCNCC1. The zero-order chi connectivity index (χ0) is 11.4. The lowest BCUT2D eigenvalue weighted by molar-refractivity contribution is 0.332. The van der Waals surface area contributed by atoms with Gasteiger partial charge in [-0.3, -0.25) is 0 Å². The molecule has 0 spiro atoms. The summed E-state index contributed by atoms with van der Waals surface area (Å²) in [4.78, 5) is 5.02. The molecule has 0 saturated carbocycles. The van der Waals surface area contributed by atoms with Gasteiger partial charge < -0.3 is 10.2 Å². The van der Waals surface area contributed by atoms with Gasteiger partial charge in [0.25, 0.3) is 0 Å². The molecule has 0 amide bonds. The zero-order valence-electron chi connectivity index (χ0n) is 9.08. The first-order valence-corrected chi connectivity index (χ1v) is 5.44. The summed E-state index contributed by atoms with van der Waals surface area (Å²) in [6.45, 7) is 5.24. The van der Waals surface area contributed by atoms with Crippen LogP contribution in [0.1, 0.15) is 24.3 Å². The van der Waals surface area contributed by atoms with Crippen molar-refractivity contribution in [2.24, 2.45) is 5.16 Å². The standard InChI is InChI=1S/C12H15FN2O/c1-14-16-12-8-10(13)2-3-11(12)9-4-6-15-7-5-9/h2-3,8-9,15H,1,4-7H2. The molecule has 16 heavy (non-hydrogen) atoms. The molecule has 1 aliphatic rings. The van der Waals surface area contributed by atoms with E-state index in [1.807, 2.05) is 0 Å². The molecule has 2 rings (SSSR count). The maximum absolute atomic E-state index is 13.1. The van der Waals surface area contributed by atoms with Crippen molar-refractivity contribution in [3.63, 3.8) is 0 Å². The highest BCUT2D eigenvalue weighted by Crippen LogP contribution is 2.33. The van der Waals surface area contributed by atoms with Crippen molar-refractivity contribution < 1.29 is 9.23 Å². The van der Waals surface area contributed by atoms with E-state index in [1.54, 1.807) is 6.07 Å². The average Bonchev–Trinajstić information content (AvgIpc) is 2.31. The molecule has 0 unspecified atom stereocenters. The minimum absolute atomic E-state index is 0.309. The van der Waals surface area contributed by atoms with Crippen molar-refractivity contribution in [1.82, 2.24) is 5.32 Å². The van der Waals surface area contributed by atoms with Gasteiger partial charge in [-0.25, -0.2) is 4.39 Å². The van der Waals surface area contributed by atoms with Gasteiger partial charge in [-0.2, -0.15) is 0 Å². The van der Waals surface area contributed by atoms with Crippen LogP contribution in [0.2, 0.25) is 0 Å². The summed E-state index contributed by atoms with van der Waals surface area (Å²) in [7, 11) is 0. The second kappa shape index (κ2) is 5.07. The van der Waals surface area contributed by atoms with Gasteiger partial charge in [0.15, 0.2) is 5.75 Å². The fraction of sp³-hybridized carbons (Fsp3) is 0.417. The first kappa shape index (κ1) is 11.1. The van der Waals surface area contributed by atoms with E-state index in [0.717, 1.165) is 31.5 Å². The zero-order valence-corrected chi connectivity index (χ0v) is 9.08. The third-order valence-electron chi connectivity index (χ3n) is 2.92. The number of rotatable bonds is 3. The van der Waals surface area contributed by atoms with Crippen LogP contribution in [0.25, 0.3) is 0 Å². The lowest BCUT2D eigenvalue weighted by Gasteiger charge is -2.24. The van der Waals surface area contributed by atoms with Gasteiger partial charge in [-0.05, 0) is 37.9 Å². The summed E-state index contributed by atoms with van der Waals surface area (Å²) in [6.07, 6.45) is 2.08. The average molecular weight is 222 g/mol. The quantitative estimate of drug-likeness (QED) is 0.629. The van der Waals surface area contributed by atoms with Crippen molar-refractivity contribution in [3.8, 4) is 5.75 Å². The molecule has 1 N–H and O–H groups in total. The van der Waals surface area contributed by atoms with E-state index < -0.39 is 0 Å². The summed E-state index contributed by atoms with van der Waals surface area (Å²) in [5.41, 5.74) is 1.02. The molecule has 1 aliphatic heterocycles. The topological polar surface area (TPSA) is 33.6 Å². The summed E-state index contributed by atoms with van der Waals surface area (Å²) in [5.74, 6) is 0.594. The van der Waals surface area contributed by atoms with Gasteiger partial charge in [-0.1, -0.05) is 11.2 Å².